The second kappa shape index (κ2) is 7.48. The number of nitrogens with two attached hydrogens (primary N) is 1. The Labute approximate surface area is 147 Å². The van der Waals surface area contributed by atoms with Gasteiger partial charge in [0, 0.05) is 49.5 Å². The largest absolute Gasteiger partial charge is 0.368 e. The average Bonchev–Trinajstić information content (AvgIpc) is 2.62. The van der Waals surface area contributed by atoms with Crippen LogP contribution in [0, 0.1) is 0 Å². The van der Waals surface area contributed by atoms with Crippen molar-refractivity contribution < 1.29 is 4.79 Å². The van der Waals surface area contributed by atoms with Crippen molar-refractivity contribution in [1.29, 1.82) is 0 Å². The summed E-state index contributed by atoms with van der Waals surface area (Å²) in [6.07, 6.45) is 1.74. The Morgan fingerprint density at radius 1 is 1.28 bits per heavy atom. The highest BCUT2D eigenvalue weighted by atomic mass is 16.1. The summed E-state index contributed by atoms with van der Waals surface area (Å²) in [4.78, 5) is 23.0. The van der Waals surface area contributed by atoms with Crippen molar-refractivity contribution in [3.63, 3.8) is 0 Å². The van der Waals surface area contributed by atoms with Crippen LogP contribution in [0.2, 0.25) is 0 Å². The number of nitrogens with zero attached hydrogens (tertiary/aromatic N) is 3. The van der Waals surface area contributed by atoms with Gasteiger partial charge in [0.1, 0.15) is 11.6 Å². The second-order valence-electron chi connectivity index (χ2n) is 6.43. The first kappa shape index (κ1) is 17.2. The Morgan fingerprint density at radius 2 is 2.04 bits per heavy atom. The molecule has 3 rings (SSSR count). The summed E-state index contributed by atoms with van der Waals surface area (Å²) in [6.45, 7) is 7.62. The summed E-state index contributed by atoms with van der Waals surface area (Å²) in [5.74, 6) is 1.11. The Balaban J connectivity index is 2.00. The maximum Gasteiger partial charge on any atom is 0.248 e. The van der Waals surface area contributed by atoms with E-state index >= 15 is 0 Å². The van der Waals surface area contributed by atoms with E-state index < -0.39 is 5.91 Å². The van der Waals surface area contributed by atoms with E-state index in [-0.39, 0.29) is 6.04 Å². The van der Waals surface area contributed by atoms with E-state index in [0.717, 1.165) is 49.1 Å². The van der Waals surface area contributed by atoms with Crippen LogP contribution in [-0.4, -0.2) is 48.1 Å². The SMILES string of the molecule is CC(C)Nc1cc(-c2cc(C(N)=O)cc(N3CCNCC3)n2)ccn1. The molecule has 0 radical (unpaired) electrons. The summed E-state index contributed by atoms with van der Waals surface area (Å²) in [5, 5.41) is 6.60. The monoisotopic (exact) mass is 340 g/mol. The molecule has 2 aromatic heterocycles. The third kappa shape index (κ3) is 4.24. The highest BCUT2D eigenvalue weighted by Crippen LogP contribution is 2.25. The Morgan fingerprint density at radius 3 is 2.72 bits per heavy atom. The maximum atomic E-state index is 11.8. The fourth-order valence-electron chi connectivity index (χ4n) is 2.83. The van der Waals surface area contributed by atoms with Gasteiger partial charge in [0.25, 0.3) is 0 Å². The van der Waals surface area contributed by atoms with Crippen LogP contribution in [0.15, 0.2) is 30.5 Å². The minimum absolute atomic E-state index is 0.282. The number of carbonyl (C=O) groups is 1. The zero-order valence-corrected chi connectivity index (χ0v) is 14.6. The molecule has 1 amide bonds. The molecule has 0 unspecified atom stereocenters. The summed E-state index contributed by atoms with van der Waals surface area (Å²) in [6, 6.07) is 7.62. The van der Waals surface area contributed by atoms with Crippen LogP contribution in [0.1, 0.15) is 24.2 Å². The zero-order chi connectivity index (χ0) is 17.8. The van der Waals surface area contributed by atoms with Gasteiger partial charge in [-0.1, -0.05) is 0 Å². The Hall–Kier alpha value is -2.67. The summed E-state index contributed by atoms with van der Waals surface area (Å²) >= 11 is 0. The lowest BCUT2D eigenvalue weighted by Crippen LogP contribution is -2.44. The van der Waals surface area contributed by atoms with Crippen LogP contribution in [0.25, 0.3) is 11.3 Å². The molecule has 1 fully saturated rings. The number of primary amides is 1. The molecule has 4 N–H and O–H groups in total. The number of anilines is 2. The lowest BCUT2D eigenvalue weighted by atomic mass is 10.1. The molecule has 0 spiro atoms. The van der Waals surface area contributed by atoms with Gasteiger partial charge >= 0.3 is 0 Å². The van der Waals surface area contributed by atoms with Gasteiger partial charge in [-0.15, -0.1) is 0 Å². The molecule has 0 saturated carbocycles. The van der Waals surface area contributed by atoms with Crippen molar-refractivity contribution in [2.75, 3.05) is 36.4 Å². The van der Waals surface area contributed by atoms with Crippen molar-refractivity contribution in [2.45, 2.75) is 19.9 Å². The minimum atomic E-state index is -0.449. The summed E-state index contributed by atoms with van der Waals surface area (Å²) in [5.41, 5.74) is 7.62. The van der Waals surface area contributed by atoms with Gasteiger partial charge in [0.05, 0.1) is 5.69 Å². The molecule has 0 atom stereocenters. The van der Waals surface area contributed by atoms with Crippen molar-refractivity contribution in [1.82, 2.24) is 15.3 Å². The topological polar surface area (TPSA) is 96.2 Å². The molecule has 0 bridgehead atoms. The van der Waals surface area contributed by atoms with Crippen LogP contribution in [0.5, 0.6) is 0 Å². The van der Waals surface area contributed by atoms with Crippen LogP contribution in [0.3, 0.4) is 0 Å². The highest BCUT2D eigenvalue weighted by Gasteiger charge is 2.16. The first-order chi connectivity index (χ1) is 12.0. The molecular weight excluding hydrogens is 316 g/mol. The summed E-state index contributed by atoms with van der Waals surface area (Å²) < 4.78 is 0. The molecule has 0 aromatic carbocycles. The van der Waals surface area contributed by atoms with E-state index in [2.05, 4.69) is 34.4 Å². The average molecular weight is 340 g/mol. The molecule has 1 aliphatic heterocycles. The molecular formula is C18H24N6O. The van der Waals surface area contributed by atoms with Gasteiger partial charge in [-0.25, -0.2) is 9.97 Å². The van der Waals surface area contributed by atoms with Crippen LogP contribution in [-0.2, 0) is 0 Å². The van der Waals surface area contributed by atoms with Crippen molar-refractivity contribution >= 4 is 17.5 Å². The fraction of sp³-hybridized carbons (Fsp3) is 0.389. The van der Waals surface area contributed by atoms with Crippen molar-refractivity contribution in [3.8, 4) is 11.3 Å². The Bertz CT molecular complexity index is 755. The number of rotatable bonds is 5. The van der Waals surface area contributed by atoms with Gasteiger partial charge in [-0.05, 0) is 38.1 Å². The third-order valence-corrected chi connectivity index (χ3v) is 4.03. The van der Waals surface area contributed by atoms with E-state index in [1.165, 1.54) is 0 Å². The van der Waals surface area contributed by atoms with E-state index in [0.29, 0.717) is 5.56 Å². The molecule has 1 saturated heterocycles. The number of carbonyl (C=O) groups excluding carboxylic acids is 1. The minimum Gasteiger partial charge on any atom is -0.368 e. The lowest BCUT2D eigenvalue weighted by molar-refractivity contribution is 0.1000. The van der Waals surface area contributed by atoms with Gasteiger partial charge in [0.15, 0.2) is 0 Å². The number of hydrogen-bond donors (Lipinski definition) is 3. The second-order valence-corrected chi connectivity index (χ2v) is 6.43. The molecule has 132 valence electrons. The molecule has 0 aliphatic carbocycles. The van der Waals surface area contributed by atoms with Crippen LogP contribution >= 0.6 is 0 Å². The van der Waals surface area contributed by atoms with E-state index in [1.54, 1.807) is 18.3 Å². The molecule has 1 aliphatic rings. The first-order valence-corrected chi connectivity index (χ1v) is 8.53. The zero-order valence-electron chi connectivity index (χ0n) is 14.6. The van der Waals surface area contributed by atoms with Crippen molar-refractivity contribution in [2.24, 2.45) is 5.73 Å². The van der Waals surface area contributed by atoms with Crippen molar-refractivity contribution in [3.05, 3.63) is 36.0 Å². The Kier molecular flexibility index (Phi) is 5.14. The molecule has 2 aromatic rings. The predicted octanol–water partition coefficient (Wildman–Crippen LogP) is 1.47. The standard InChI is InChI=1S/C18H24N6O/c1-12(2)22-16-10-13(3-4-21-16)15-9-14(18(19)25)11-17(23-15)24-7-5-20-6-8-24/h3-4,9-12,20H,5-8H2,1-2H3,(H2,19,25)(H,21,22). The predicted molar refractivity (Wildman–Crippen MR) is 99.8 cm³/mol. The molecule has 3 heterocycles. The number of aromatic nitrogens is 2. The van der Waals surface area contributed by atoms with Crippen LogP contribution in [0.4, 0.5) is 11.6 Å². The van der Waals surface area contributed by atoms with Gasteiger partial charge in [0.2, 0.25) is 5.91 Å². The molecule has 7 nitrogen and oxygen atoms in total. The van der Waals surface area contributed by atoms with Gasteiger partial charge in [-0.2, -0.15) is 0 Å². The number of nitrogens with one attached hydrogen (secondary N) is 2. The number of pyridine rings is 2. The van der Waals surface area contributed by atoms with E-state index in [4.69, 9.17) is 10.7 Å². The van der Waals surface area contributed by atoms with E-state index in [9.17, 15) is 4.79 Å². The smallest absolute Gasteiger partial charge is 0.248 e. The lowest BCUT2D eigenvalue weighted by Gasteiger charge is -2.29. The third-order valence-electron chi connectivity index (χ3n) is 4.03. The maximum absolute atomic E-state index is 11.8. The van der Waals surface area contributed by atoms with Crippen LogP contribution < -0.4 is 21.3 Å². The summed E-state index contributed by atoms with van der Waals surface area (Å²) in [7, 11) is 0. The number of hydrogen-bond acceptors (Lipinski definition) is 6. The van der Waals surface area contributed by atoms with Gasteiger partial charge < -0.3 is 21.3 Å². The fourth-order valence-corrected chi connectivity index (χ4v) is 2.83. The first-order valence-electron chi connectivity index (χ1n) is 8.53. The number of piperazine rings is 1. The highest BCUT2D eigenvalue weighted by molar-refractivity contribution is 5.94. The normalized spacial score (nSPS) is 14.6. The van der Waals surface area contributed by atoms with E-state index in [1.807, 2.05) is 12.1 Å². The molecule has 25 heavy (non-hydrogen) atoms. The quantitative estimate of drug-likeness (QED) is 0.763. The number of amides is 1. The molecule has 7 heteroatoms. The van der Waals surface area contributed by atoms with Gasteiger partial charge in [-0.3, -0.25) is 4.79 Å².